The van der Waals surface area contributed by atoms with Gasteiger partial charge in [-0.25, -0.2) is 0 Å². The summed E-state index contributed by atoms with van der Waals surface area (Å²) in [5, 5.41) is 7.10. The van der Waals surface area contributed by atoms with Crippen LogP contribution in [0.5, 0.6) is 0 Å². The van der Waals surface area contributed by atoms with Crippen molar-refractivity contribution in [3.8, 4) is 0 Å². The van der Waals surface area contributed by atoms with Gasteiger partial charge in [-0.05, 0) is 13.1 Å². The van der Waals surface area contributed by atoms with Crippen molar-refractivity contribution >= 4 is 0 Å². The molecule has 0 atom stereocenters. The van der Waals surface area contributed by atoms with Crippen molar-refractivity contribution in [2.24, 2.45) is 0 Å². The lowest BCUT2D eigenvalue weighted by atomic mass is 10.4. The highest BCUT2D eigenvalue weighted by atomic mass is 16.5. The van der Waals surface area contributed by atoms with E-state index in [2.05, 4.69) is 38.7 Å². The molecule has 1 N–H and O–H groups in total. The molecule has 1 heterocycles. The third-order valence-electron chi connectivity index (χ3n) is 2.43. The van der Waals surface area contributed by atoms with Gasteiger partial charge in [0.05, 0.1) is 0 Å². The first-order valence-electron chi connectivity index (χ1n) is 5.55. The van der Waals surface area contributed by atoms with E-state index in [9.17, 15) is 0 Å². The zero-order valence-electron chi connectivity index (χ0n) is 9.57. The van der Waals surface area contributed by atoms with Crippen LogP contribution in [-0.2, 0) is 6.42 Å². The minimum Gasteiger partial charge on any atom is -0.343 e. The molecule has 5 nitrogen and oxygen atoms in total. The standard InChI is InChI=1S/C10H20N4O/c1-3-14(4-2)8-7-11-6-5-10-12-9-15-13-10/h9,11H,3-8H2,1-2H3. The predicted molar refractivity (Wildman–Crippen MR) is 58.7 cm³/mol. The molecular weight excluding hydrogens is 192 g/mol. The maximum absolute atomic E-state index is 4.65. The van der Waals surface area contributed by atoms with Crippen molar-refractivity contribution < 1.29 is 4.52 Å². The summed E-state index contributed by atoms with van der Waals surface area (Å²) in [7, 11) is 0. The molecule has 0 bridgehead atoms. The lowest BCUT2D eigenvalue weighted by Crippen LogP contribution is -2.32. The summed E-state index contributed by atoms with van der Waals surface area (Å²) in [6.07, 6.45) is 2.19. The Morgan fingerprint density at radius 2 is 2.13 bits per heavy atom. The van der Waals surface area contributed by atoms with Crippen LogP contribution in [0.4, 0.5) is 0 Å². The number of hydrogen-bond donors (Lipinski definition) is 1. The second-order valence-corrected chi connectivity index (χ2v) is 3.37. The van der Waals surface area contributed by atoms with E-state index in [1.54, 1.807) is 0 Å². The number of nitrogens with zero attached hydrogens (tertiary/aromatic N) is 3. The summed E-state index contributed by atoms with van der Waals surface area (Å²) in [4.78, 5) is 6.34. The lowest BCUT2D eigenvalue weighted by Gasteiger charge is -2.17. The molecule has 0 amide bonds. The summed E-state index contributed by atoms with van der Waals surface area (Å²) in [5.74, 6) is 0.769. The van der Waals surface area contributed by atoms with E-state index >= 15 is 0 Å². The highest BCUT2D eigenvalue weighted by Gasteiger charge is 1.99. The molecule has 0 saturated carbocycles. The Morgan fingerprint density at radius 3 is 2.73 bits per heavy atom. The zero-order valence-corrected chi connectivity index (χ0v) is 9.57. The molecule has 86 valence electrons. The van der Waals surface area contributed by atoms with Gasteiger partial charge >= 0.3 is 0 Å². The van der Waals surface area contributed by atoms with E-state index in [4.69, 9.17) is 0 Å². The van der Waals surface area contributed by atoms with Gasteiger partial charge in [0.2, 0.25) is 6.39 Å². The Morgan fingerprint density at radius 1 is 1.33 bits per heavy atom. The molecule has 0 aliphatic carbocycles. The van der Waals surface area contributed by atoms with Crippen molar-refractivity contribution in [2.45, 2.75) is 20.3 Å². The Balaban J connectivity index is 1.97. The fraction of sp³-hybridized carbons (Fsp3) is 0.800. The molecule has 0 unspecified atom stereocenters. The van der Waals surface area contributed by atoms with Crippen LogP contribution in [0, 0.1) is 0 Å². The van der Waals surface area contributed by atoms with Crippen LogP contribution >= 0.6 is 0 Å². The van der Waals surface area contributed by atoms with E-state index in [0.29, 0.717) is 0 Å². The van der Waals surface area contributed by atoms with E-state index in [0.717, 1.165) is 45.0 Å². The van der Waals surface area contributed by atoms with Gasteiger partial charge in [-0.3, -0.25) is 0 Å². The molecule has 1 rings (SSSR count). The van der Waals surface area contributed by atoms with E-state index in [1.807, 2.05) is 0 Å². The van der Waals surface area contributed by atoms with Crippen LogP contribution in [0.1, 0.15) is 19.7 Å². The topological polar surface area (TPSA) is 54.2 Å². The average molecular weight is 212 g/mol. The van der Waals surface area contributed by atoms with E-state index < -0.39 is 0 Å². The Hall–Kier alpha value is -0.940. The highest BCUT2D eigenvalue weighted by Crippen LogP contribution is 1.88. The minimum atomic E-state index is 0.769. The third kappa shape index (κ3) is 4.90. The Bertz CT molecular complexity index is 234. The fourth-order valence-electron chi connectivity index (χ4n) is 1.40. The van der Waals surface area contributed by atoms with Gasteiger partial charge in [-0.2, -0.15) is 4.98 Å². The van der Waals surface area contributed by atoms with E-state index in [1.165, 1.54) is 6.39 Å². The first-order chi connectivity index (χ1) is 7.36. The SMILES string of the molecule is CCN(CC)CCNCCc1ncon1. The third-order valence-corrected chi connectivity index (χ3v) is 2.43. The van der Waals surface area contributed by atoms with Crippen LogP contribution in [0.3, 0.4) is 0 Å². The predicted octanol–water partition coefficient (Wildman–Crippen LogP) is 0.543. The van der Waals surface area contributed by atoms with Crippen molar-refractivity contribution in [1.29, 1.82) is 0 Å². The first kappa shape index (κ1) is 12.1. The summed E-state index contributed by atoms with van der Waals surface area (Å²) >= 11 is 0. The smallest absolute Gasteiger partial charge is 0.213 e. The number of hydrogen-bond acceptors (Lipinski definition) is 5. The summed E-state index contributed by atoms with van der Waals surface area (Å²) in [5.41, 5.74) is 0. The number of nitrogens with one attached hydrogen (secondary N) is 1. The Kier molecular flexibility index (Phi) is 5.96. The maximum Gasteiger partial charge on any atom is 0.213 e. The summed E-state index contributed by atoms with van der Waals surface area (Å²) < 4.78 is 4.65. The maximum atomic E-state index is 4.65. The van der Waals surface area contributed by atoms with Gasteiger partial charge in [-0.1, -0.05) is 19.0 Å². The molecule has 0 aromatic carbocycles. The normalized spacial score (nSPS) is 11.1. The molecule has 0 spiro atoms. The second kappa shape index (κ2) is 7.36. The van der Waals surface area contributed by atoms with Crippen LogP contribution in [-0.4, -0.2) is 47.8 Å². The van der Waals surface area contributed by atoms with Gasteiger partial charge in [-0.15, -0.1) is 0 Å². The molecule has 0 aliphatic heterocycles. The van der Waals surface area contributed by atoms with Gasteiger partial charge in [0.15, 0.2) is 5.82 Å². The fourth-order valence-corrected chi connectivity index (χ4v) is 1.40. The molecular formula is C10H20N4O. The van der Waals surface area contributed by atoms with Gasteiger partial charge in [0, 0.05) is 26.1 Å². The highest BCUT2D eigenvalue weighted by molar-refractivity contribution is 4.78. The minimum absolute atomic E-state index is 0.769. The number of likely N-dealkylation sites (N-methyl/N-ethyl adjacent to an activating group) is 1. The van der Waals surface area contributed by atoms with Crippen molar-refractivity contribution in [2.75, 3.05) is 32.7 Å². The Labute approximate surface area is 90.8 Å². The molecule has 0 saturated heterocycles. The summed E-state index contributed by atoms with van der Waals surface area (Å²) in [6.45, 7) is 9.61. The number of rotatable bonds is 8. The molecule has 5 heteroatoms. The summed E-state index contributed by atoms with van der Waals surface area (Å²) in [6, 6.07) is 0. The molecule has 0 aliphatic rings. The van der Waals surface area contributed by atoms with E-state index in [-0.39, 0.29) is 0 Å². The van der Waals surface area contributed by atoms with Crippen molar-refractivity contribution in [1.82, 2.24) is 20.4 Å². The molecule has 1 aromatic heterocycles. The van der Waals surface area contributed by atoms with Crippen molar-refractivity contribution in [3.05, 3.63) is 12.2 Å². The van der Waals surface area contributed by atoms with Gasteiger partial charge in [0.25, 0.3) is 0 Å². The largest absolute Gasteiger partial charge is 0.343 e. The molecule has 1 aromatic rings. The van der Waals surface area contributed by atoms with Gasteiger partial charge in [0.1, 0.15) is 0 Å². The zero-order chi connectivity index (χ0) is 10.9. The van der Waals surface area contributed by atoms with Crippen LogP contribution in [0.25, 0.3) is 0 Å². The molecule has 15 heavy (non-hydrogen) atoms. The average Bonchev–Trinajstić information content (AvgIpc) is 2.76. The second-order valence-electron chi connectivity index (χ2n) is 3.37. The van der Waals surface area contributed by atoms with Gasteiger partial charge < -0.3 is 14.7 Å². The first-order valence-corrected chi connectivity index (χ1v) is 5.55. The molecule has 0 radical (unpaired) electrons. The van der Waals surface area contributed by atoms with Crippen LogP contribution < -0.4 is 5.32 Å². The quantitative estimate of drug-likeness (QED) is 0.638. The monoisotopic (exact) mass is 212 g/mol. The lowest BCUT2D eigenvalue weighted by molar-refractivity contribution is 0.302. The molecule has 0 fully saturated rings. The van der Waals surface area contributed by atoms with Crippen LogP contribution in [0.2, 0.25) is 0 Å². The number of aromatic nitrogens is 2. The van der Waals surface area contributed by atoms with Crippen LogP contribution in [0.15, 0.2) is 10.9 Å². The van der Waals surface area contributed by atoms with Crippen molar-refractivity contribution in [3.63, 3.8) is 0 Å².